The Kier molecular flexibility index (Phi) is 7.28. The predicted molar refractivity (Wildman–Crippen MR) is 123 cm³/mol. The molecular formula is C25H34N2O7. The second-order valence-electron chi connectivity index (χ2n) is 9.10. The molecule has 0 aliphatic carbocycles. The molecule has 34 heavy (non-hydrogen) atoms. The van der Waals surface area contributed by atoms with Crippen molar-refractivity contribution in [2.75, 3.05) is 40.0 Å². The summed E-state index contributed by atoms with van der Waals surface area (Å²) in [5, 5.41) is 3.27. The highest BCUT2D eigenvalue weighted by Crippen LogP contribution is 2.49. The van der Waals surface area contributed by atoms with Crippen LogP contribution in [0, 0.1) is 20.8 Å². The van der Waals surface area contributed by atoms with Gasteiger partial charge in [0.05, 0.1) is 25.9 Å². The normalized spacial score (nSPS) is 22.7. The summed E-state index contributed by atoms with van der Waals surface area (Å²) in [5.41, 5.74) is 3.12. The van der Waals surface area contributed by atoms with Crippen LogP contribution in [-0.4, -0.2) is 73.9 Å². The third-order valence-electron chi connectivity index (χ3n) is 6.76. The van der Waals surface area contributed by atoms with Crippen molar-refractivity contribution in [2.24, 2.45) is 0 Å². The van der Waals surface area contributed by atoms with Crippen molar-refractivity contribution in [3.05, 3.63) is 40.1 Å². The molecule has 3 heterocycles. The number of nitrogens with zero attached hydrogens (tertiary/aromatic N) is 2. The first-order valence-electron chi connectivity index (χ1n) is 11.9. The van der Waals surface area contributed by atoms with E-state index in [2.05, 4.69) is 0 Å². The standard InChI is InChI=1S/C25H34N2O7/c1-6-32-24(29)33-22-21(20-17(3)13-16(2)14-18(20)4)23(28)27(34-19-7-12-31-15-19)25(22)8-10-26(30-5)11-9-25/h13-14,19H,6-12,15H2,1-5H3. The van der Waals surface area contributed by atoms with Gasteiger partial charge in [0.25, 0.3) is 5.91 Å². The van der Waals surface area contributed by atoms with Crippen molar-refractivity contribution in [3.63, 3.8) is 0 Å². The van der Waals surface area contributed by atoms with E-state index in [0.717, 1.165) is 22.3 Å². The van der Waals surface area contributed by atoms with Crippen LogP contribution < -0.4 is 0 Å². The van der Waals surface area contributed by atoms with Crippen LogP contribution in [0.25, 0.3) is 5.57 Å². The van der Waals surface area contributed by atoms with Gasteiger partial charge in [-0.25, -0.2) is 9.86 Å². The number of aryl methyl sites for hydroxylation is 3. The van der Waals surface area contributed by atoms with Crippen LogP contribution in [0.15, 0.2) is 17.9 Å². The van der Waals surface area contributed by atoms with Crippen LogP contribution in [0.2, 0.25) is 0 Å². The van der Waals surface area contributed by atoms with Crippen LogP contribution in [0.4, 0.5) is 4.79 Å². The molecule has 2 saturated heterocycles. The predicted octanol–water partition coefficient (Wildman–Crippen LogP) is 3.45. The number of hydrogen-bond donors (Lipinski definition) is 0. The molecular weight excluding hydrogens is 440 g/mol. The van der Waals surface area contributed by atoms with E-state index in [1.54, 1.807) is 14.0 Å². The van der Waals surface area contributed by atoms with Crippen molar-refractivity contribution >= 4 is 17.6 Å². The third kappa shape index (κ3) is 4.45. The molecule has 1 atom stereocenters. The quantitative estimate of drug-likeness (QED) is 0.580. The average Bonchev–Trinajstić information content (AvgIpc) is 3.37. The van der Waals surface area contributed by atoms with Gasteiger partial charge in [-0.2, -0.15) is 5.06 Å². The lowest BCUT2D eigenvalue weighted by atomic mass is 9.84. The zero-order valence-corrected chi connectivity index (χ0v) is 20.6. The Morgan fingerprint density at radius 1 is 1.18 bits per heavy atom. The monoisotopic (exact) mass is 474 g/mol. The Balaban J connectivity index is 1.87. The van der Waals surface area contributed by atoms with Crippen molar-refractivity contribution in [3.8, 4) is 0 Å². The van der Waals surface area contributed by atoms with Crippen LogP contribution in [0.5, 0.6) is 0 Å². The Morgan fingerprint density at radius 3 is 2.41 bits per heavy atom. The van der Waals surface area contributed by atoms with E-state index in [9.17, 15) is 9.59 Å². The minimum Gasteiger partial charge on any atom is -0.434 e. The van der Waals surface area contributed by atoms with Gasteiger partial charge in [0.2, 0.25) is 0 Å². The molecule has 0 radical (unpaired) electrons. The largest absolute Gasteiger partial charge is 0.513 e. The van der Waals surface area contributed by atoms with Gasteiger partial charge in [-0.15, -0.1) is 0 Å². The number of ether oxygens (including phenoxy) is 3. The Bertz CT molecular complexity index is 952. The first-order valence-corrected chi connectivity index (χ1v) is 11.9. The van der Waals surface area contributed by atoms with E-state index < -0.39 is 11.7 Å². The maximum absolute atomic E-state index is 14.1. The van der Waals surface area contributed by atoms with E-state index >= 15 is 0 Å². The molecule has 2 fully saturated rings. The molecule has 3 aliphatic rings. The van der Waals surface area contributed by atoms with Crippen molar-refractivity contribution in [1.29, 1.82) is 0 Å². The Morgan fingerprint density at radius 2 is 1.85 bits per heavy atom. The number of benzene rings is 1. The fraction of sp³-hybridized carbons (Fsp3) is 0.600. The molecule has 9 nitrogen and oxygen atoms in total. The number of amides is 1. The molecule has 0 aromatic heterocycles. The highest BCUT2D eigenvalue weighted by Gasteiger charge is 2.58. The summed E-state index contributed by atoms with van der Waals surface area (Å²) in [7, 11) is 1.62. The van der Waals surface area contributed by atoms with Gasteiger partial charge in [0, 0.05) is 26.1 Å². The zero-order chi connectivity index (χ0) is 24.5. The van der Waals surface area contributed by atoms with Crippen LogP contribution >= 0.6 is 0 Å². The van der Waals surface area contributed by atoms with Gasteiger partial charge in [0.1, 0.15) is 11.6 Å². The molecule has 1 amide bonds. The number of hydrogen-bond acceptors (Lipinski definition) is 8. The molecule has 9 heteroatoms. The molecule has 0 saturated carbocycles. The SMILES string of the molecule is CCOC(=O)OC1=C(c2c(C)cc(C)cc2C)C(=O)N(OC2CCOC2)C12CCN(OC)CC2. The summed E-state index contributed by atoms with van der Waals surface area (Å²) in [6.07, 6.45) is 0.565. The van der Waals surface area contributed by atoms with Crippen LogP contribution in [0.3, 0.4) is 0 Å². The lowest BCUT2D eigenvalue weighted by molar-refractivity contribution is -0.250. The summed E-state index contributed by atoms with van der Waals surface area (Å²) in [4.78, 5) is 38.4. The Labute approximate surface area is 200 Å². The summed E-state index contributed by atoms with van der Waals surface area (Å²) in [6.45, 7) is 9.91. The van der Waals surface area contributed by atoms with E-state index in [4.69, 9.17) is 23.9 Å². The first-order chi connectivity index (χ1) is 16.3. The van der Waals surface area contributed by atoms with Crippen molar-refractivity contribution in [1.82, 2.24) is 10.1 Å². The molecule has 1 aromatic carbocycles. The number of carbonyl (C=O) groups excluding carboxylic acids is 2. The second-order valence-corrected chi connectivity index (χ2v) is 9.10. The van der Waals surface area contributed by atoms with E-state index in [1.165, 1.54) is 5.06 Å². The third-order valence-corrected chi connectivity index (χ3v) is 6.76. The number of rotatable bonds is 6. The van der Waals surface area contributed by atoms with Crippen LogP contribution in [0.1, 0.15) is 48.4 Å². The zero-order valence-electron chi connectivity index (χ0n) is 20.6. The molecule has 1 aromatic rings. The minimum absolute atomic E-state index is 0.169. The van der Waals surface area contributed by atoms with E-state index in [-0.39, 0.29) is 18.6 Å². The summed E-state index contributed by atoms with van der Waals surface area (Å²) in [5.74, 6) is -0.0206. The van der Waals surface area contributed by atoms with E-state index in [1.807, 2.05) is 38.0 Å². The first kappa shape index (κ1) is 24.7. The lowest BCUT2D eigenvalue weighted by Crippen LogP contribution is -2.56. The van der Waals surface area contributed by atoms with Gasteiger partial charge in [-0.3, -0.25) is 9.63 Å². The smallest absolute Gasteiger partial charge is 0.434 e. The lowest BCUT2D eigenvalue weighted by Gasteiger charge is -2.44. The highest BCUT2D eigenvalue weighted by atomic mass is 16.7. The van der Waals surface area contributed by atoms with Gasteiger partial charge in [0.15, 0.2) is 5.76 Å². The summed E-state index contributed by atoms with van der Waals surface area (Å²) < 4.78 is 16.5. The fourth-order valence-corrected chi connectivity index (χ4v) is 5.25. The average molecular weight is 475 g/mol. The highest BCUT2D eigenvalue weighted by molar-refractivity contribution is 6.23. The topological polar surface area (TPSA) is 86.8 Å². The maximum Gasteiger partial charge on any atom is 0.513 e. The van der Waals surface area contributed by atoms with Gasteiger partial charge in [-0.05, 0) is 57.2 Å². The van der Waals surface area contributed by atoms with Gasteiger partial charge >= 0.3 is 6.16 Å². The molecule has 1 unspecified atom stereocenters. The van der Waals surface area contributed by atoms with Crippen LogP contribution in [-0.2, 0) is 28.7 Å². The van der Waals surface area contributed by atoms with Crippen molar-refractivity contribution < 1.29 is 33.5 Å². The molecule has 0 bridgehead atoms. The number of piperidine rings is 1. The maximum atomic E-state index is 14.1. The minimum atomic E-state index is -0.958. The summed E-state index contributed by atoms with van der Waals surface area (Å²) in [6, 6.07) is 4.05. The summed E-state index contributed by atoms with van der Waals surface area (Å²) >= 11 is 0. The molecule has 4 rings (SSSR count). The van der Waals surface area contributed by atoms with E-state index in [0.29, 0.717) is 56.9 Å². The molecule has 186 valence electrons. The van der Waals surface area contributed by atoms with Gasteiger partial charge in [-0.1, -0.05) is 17.7 Å². The van der Waals surface area contributed by atoms with Crippen molar-refractivity contribution in [2.45, 2.75) is 58.6 Å². The second kappa shape index (κ2) is 10.0. The molecule has 3 aliphatic heterocycles. The number of carbonyl (C=O) groups is 2. The molecule has 0 N–H and O–H groups in total. The number of hydroxylamine groups is 4. The van der Waals surface area contributed by atoms with Gasteiger partial charge < -0.3 is 19.0 Å². The fourth-order valence-electron chi connectivity index (χ4n) is 5.25. The molecule has 1 spiro atoms. The Hall–Kier alpha value is -2.46.